The summed E-state index contributed by atoms with van der Waals surface area (Å²) in [4.78, 5) is 15.4. The highest BCUT2D eigenvalue weighted by Crippen LogP contribution is 2.21. The summed E-state index contributed by atoms with van der Waals surface area (Å²) < 4.78 is 1.02. The first-order valence-corrected chi connectivity index (χ1v) is 5.11. The lowest BCUT2D eigenvalue weighted by Gasteiger charge is -1.84. The molecule has 0 N–H and O–H groups in total. The van der Waals surface area contributed by atoms with Crippen LogP contribution in [0.4, 0.5) is 0 Å². The molecule has 0 fully saturated rings. The number of aromatic nitrogens is 1. The highest BCUT2D eigenvalue weighted by Gasteiger charge is 2.09. The lowest BCUT2D eigenvalue weighted by atomic mass is 10.3. The Morgan fingerprint density at radius 1 is 1.46 bits per heavy atom. The van der Waals surface area contributed by atoms with Crippen molar-refractivity contribution in [1.29, 1.82) is 0 Å². The fraction of sp³-hybridized carbons (Fsp3) is 0.111. The molecule has 1 heterocycles. The molecule has 0 radical (unpaired) electrons. The van der Waals surface area contributed by atoms with Gasteiger partial charge in [0.25, 0.3) is 0 Å². The fourth-order valence-corrected chi connectivity index (χ4v) is 2.16. The number of carbonyl (C=O) groups excluding carboxylic acids is 1. The molecule has 1 aromatic carbocycles. The van der Waals surface area contributed by atoms with Gasteiger partial charge in [0.15, 0.2) is 5.01 Å². The molecule has 0 aliphatic carbocycles. The van der Waals surface area contributed by atoms with E-state index in [1.165, 1.54) is 11.3 Å². The van der Waals surface area contributed by atoms with Crippen molar-refractivity contribution in [3.63, 3.8) is 0 Å². The van der Waals surface area contributed by atoms with Crippen LogP contribution in [-0.4, -0.2) is 16.6 Å². The van der Waals surface area contributed by atoms with E-state index >= 15 is 0 Å². The molecule has 0 aliphatic heterocycles. The summed E-state index contributed by atoms with van der Waals surface area (Å²) in [6, 6.07) is 7.65. The Morgan fingerprint density at radius 3 is 2.92 bits per heavy atom. The number of Topliss-reactive ketones (excluding diaryl/α,β-unsaturated/α-hetero) is 1. The summed E-state index contributed by atoms with van der Waals surface area (Å²) in [5.41, 5.74) is 0.862. The minimum atomic E-state index is -0.108. The topological polar surface area (TPSA) is 30.0 Å². The van der Waals surface area contributed by atoms with Crippen LogP contribution in [0.25, 0.3) is 10.2 Å². The van der Waals surface area contributed by atoms with Crippen molar-refractivity contribution in [1.82, 2.24) is 4.98 Å². The number of nitrogens with zero attached hydrogens (tertiary/aromatic N) is 1. The zero-order chi connectivity index (χ0) is 9.26. The van der Waals surface area contributed by atoms with Gasteiger partial charge in [0.1, 0.15) is 0 Å². The molecule has 0 unspecified atom stereocenters. The third kappa shape index (κ3) is 1.57. The minimum absolute atomic E-state index is 0.000177. The molecule has 0 saturated carbocycles. The molecule has 2 aromatic rings. The van der Waals surface area contributed by atoms with Gasteiger partial charge in [0, 0.05) is 0 Å². The lowest BCUT2D eigenvalue weighted by Crippen LogP contribution is -1.98. The SMILES string of the molecule is O=C(CCl)c1nc2ccccc2s1. The monoisotopic (exact) mass is 211 g/mol. The first-order valence-electron chi connectivity index (χ1n) is 3.76. The number of hydrogen-bond acceptors (Lipinski definition) is 3. The standard InChI is InChI=1S/C9H6ClNOS/c10-5-7(12)9-11-6-3-1-2-4-8(6)13-9/h1-4H,5H2. The van der Waals surface area contributed by atoms with Crippen molar-refractivity contribution in [3.05, 3.63) is 29.3 Å². The highest BCUT2D eigenvalue weighted by atomic mass is 35.5. The number of thiazole rings is 1. The maximum absolute atomic E-state index is 11.2. The van der Waals surface area contributed by atoms with Crippen molar-refractivity contribution in [3.8, 4) is 0 Å². The van der Waals surface area contributed by atoms with Gasteiger partial charge in [-0.25, -0.2) is 4.98 Å². The second-order valence-corrected chi connectivity index (χ2v) is 3.84. The average molecular weight is 212 g/mol. The number of benzene rings is 1. The third-order valence-electron chi connectivity index (χ3n) is 1.65. The summed E-state index contributed by atoms with van der Waals surface area (Å²) in [6.07, 6.45) is 0. The number of alkyl halides is 1. The number of rotatable bonds is 2. The molecule has 2 nitrogen and oxygen atoms in total. The molecule has 2 rings (SSSR count). The second kappa shape index (κ2) is 3.44. The maximum Gasteiger partial charge on any atom is 0.206 e. The van der Waals surface area contributed by atoms with Crippen molar-refractivity contribution in [2.45, 2.75) is 0 Å². The van der Waals surface area contributed by atoms with Gasteiger partial charge in [-0.2, -0.15) is 0 Å². The smallest absolute Gasteiger partial charge is 0.206 e. The number of para-hydroxylation sites is 1. The molecule has 0 amide bonds. The van der Waals surface area contributed by atoms with Gasteiger partial charge in [0.05, 0.1) is 16.1 Å². The normalized spacial score (nSPS) is 10.5. The van der Waals surface area contributed by atoms with Crippen LogP contribution in [0, 0.1) is 0 Å². The van der Waals surface area contributed by atoms with Gasteiger partial charge in [-0.3, -0.25) is 4.79 Å². The molecule has 4 heteroatoms. The number of ketones is 1. The minimum Gasteiger partial charge on any atom is -0.290 e. The van der Waals surface area contributed by atoms with Crippen LogP contribution in [0.5, 0.6) is 0 Å². The van der Waals surface area contributed by atoms with E-state index in [9.17, 15) is 4.79 Å². The first kappa shape index (κ1) is 8.66. The van der Waals surface area contributed by atoms with Gasteiger partial charge >= 0.3 is 0 Å². The van der Waals surface area contributed by atoms with Crippen molar-refractivity contribution >= 4 is 38.9 Å². The van der Waals surface area contributed by atoms with Crippen LogP contribution in [-0.2, 0) is 0 Å². The molecular formula is C9H6ClNOS. The maximum atomic E-state index is 11.2. The molecule has 0 aliphatic rings. The van der Waals surface area contributed by atoms with Gasteiger partial charge < -0.3 is 0 Å². The van der Waals surface area contributed by atoms with Gasteiger partial charge in [-0.15, -0.1) is 22.9 Å². The lowest BCUT2D eigenvalue weighted by molar-refractivity contribution is 0.102. The Labute approximate surface area is 84.2 Å². The predicted octanol–water partition coefficient (Wildman–Crippen LogP) is 2.72. The van der Waals surface area contributed by atoms with Crippen LogP contribution < -0.4 is 0 Å². The molecule has 0 spiro atoms. The highest BCUT2D eigenvalue weighted by molar-refractivity contribution is 7.20. The average Bonchev–Trinajstić information content (AvgIpc) is 2.59. The Balaban J connectivity index is 2.56. The van der Waals surface area contributed by atoms with E-state index in [0.29, 0.717) is 5.01 Å². The summed E-state index contributed by atoms with van der Waals surface area (Å²) in [5.74, 6) is -0.109. The Hall–Kier alpha value is -0.930. The molecule has 0 saturated heterocycles. The second-order valence-electron chi connectivity index (χ2n) is 2.54. The number of halogens is 1. The van der Waals surface area contributed by atoms with Crippen LogP contribution in [0.15, 0.2) is 24.3 Å². The van der Waals surface area contributed by atoms with E-state index < -0.39 is 0 Å². The van der Waals surface area contributed by atoms with Crippen molar-refractivity contribution < 1.29 is 4.79 Å². The van der Waals surface area contributed by atoms with E-state index in [1.54, 1.807) is 0 Å². The van der Waals surface area contributed by atoms with Crippen LogP contribution in [0.1, 0.15) is 9.80 Å². The van der Waals surface area contributed by atoms with Crippen LogP contribution in [0.3, 0.4) is 0 Å². The summed E-state index contributed by atoms with van der Waals surface area (Å²) in [5, 5.41) is 0.496. The Bertz CT molecular complexity index is 419. The number of carbonyl (C=O) groups is 1. The zero-order valence-corrected chi connectivity index (χ0v) is 8.23. The number of fused-ring (bicyclic) bond motifs is 1. The largest absolute Gasteiger partial charge is 0.290 e. The summed E-state index contributed by atoms with van der Waals surface area (Å²) in [6.45, 7) is 0. The van der Waals surface area contributed by atoms with Gasteiger partial charge in [-0.1, -0.05) is 12.1 Å². The third-order valence-corrected chi connectivity index (χ3v) is 2.97. The zero-order valence-electron chi connectivity index (χ0n) is 6.66. The number of hydrogen-bond donors (Lipinski definition) is 0. The molecular weight excluding hydrogens is 206 g/mol. The Morgan fingerprint density at radius 2 is 2.23 bits per heavy atom. The van der Waals surface area contributed by atoms with E-state index in [4.69, 9.17) is 11.6 Å². The van der Waals surface area contributed by atoms with Gasteiger partial charge in [-0.05, 0) is 12.1 Å². The van der Waals surface area contributed by atoms with E-state index in [2.05, 4.69) is 4.98 Å². The van der Waals surface area contributed by atoms with Crippen molar-refractivity contribution in [2.24, 2.45) is 0 Å². The van der Waals surface area contributed by atoms with E-state index in [0.717, 1.165) is 10.2 Å². The molecule has 0 atom stereocenters. The predicted molar refractivity (Wildman–Crippen MR) is 54.7 cm³/mol. The fourth-order valence-electron chi connectivity index (χ4n) is 1.05. The molecule has 66 valence electrons. The van der Waals surface area contributed by atoms with Crippen LogP contribution >= 0.6 is 22.9 Å². The van der Waals surface area contributed by atoms with Crippen molar-refractivity contribution in [2.75, 3.05) is 5.88 Å². The molecule has 1 aromatic heterocycles. The molecule has 13 heavy (non-hydrogen) atoms. The van der Waals surface area contributed by atoms with E-state index in [-0.39, 0.29) is 11.7 Å². The first-order chi connectivity index (χ1) is 6.31. The Kier molecular flexibility index (Phi) is 2.29. The quantitative estimate of drug-likeness (QED) is 0.565. The summed E-state index contributed by atoms with van der Waals surface area (Å²) in [7, 11) is 0. The molecule has 0 bridgehead atoms. The summed E-state index contributed by atoms with van der Waals surface area (Å²) >= 11 is 6.82. The van der Waals surface area contributed by atoms with E-state index in [1.807, 2.05) is 24.3 Å². The van der Waals surface area contributed by atoms with Crippen LogP contribution in [0.2, 0.25) is 0 Å². The van der Waals surface area contributed by atoms with Gasteiger partial charge in [0.2, 0.25) is 5.78 Å².